The van der Waals surface area contributed by atoms with Crippen molar-refractivity contribution in [3.8, 4) is 0 Å². The van der Waals surface area contributed by atoms with Gasteiger partial charge in [0.2, 0.25) is 0 Å². The second kappa shape index (κ2) is 4.46. The van der Waals surface area contributed by atoms with E-state index in [1.165, 1.54) is 0 Å². The fourth-order valence-electron chi connectivity index (χ4n) is 2.17. The van der Waals surface area contributed by atoms with E-state index in [0.29, 0.717) is 18.3 Å². The number of aromatic nitrogens is 2. The first-order valence-electron chi connectivity index (χ1n) is 6.18. The average molecular weight is 272 g/mol. The van der Waals surface area contributed by atoms with E-state index < -0.39 is 9.84 Å². The molecule has 1 fully saturated rings. The first kappa shape index (κ1) is 13.2. The Balaban J connectivity index is 2.49. The third-order valence-corrected chi connectivity index (χ3v) is 4.45. The maximum atomic E-state index is 11.8. The van der Waals surface area contributed by atoms with Crippen LogP contribution in [-0.2, 0) is 9.84 Å². The van der Waals surface area contributed by atoms with E-state index in [2.05, 4.69) is 10.4 Å². The topological polar surface area (TPSA) is 90.0 Å². The highest BCUT2D eigenvalue weighted by Crippen LogP contribution is 2.41. The molecule has 1 aliphatic rings. The Kier molecular flexibility index (Phi) is 3.27. The molecular formula is C11H20N4O2S. The Bertz CT molecular complexity index is 546. The highest BCUT2D eigenvalue weighted by molar-refractivity contribution is 7.91. The van der Waals surface area contributed by atoms with Crippen molar-refractivity contribution in [2.75, 3.05) is 23.9 Å². The lowest BCUT2D eigenvalue weighted by molar-refractivity contribution is 0.447. The van der Waals surface area contributed by atoms with Crippen molar-refractivity contribution in [2.24, 2.45) is 5.92 Å². The lowest BCUT2D eigenvalue weighted by Crippen LogP contribution is -2.13. The molecule has 1 saturated carbocycles. The SMILES string of the molecule is CCNc1nn(C(C)C2CC2)c(N)c1S(C)(=O)=O. The Hall–Kier alpha value is -1.24. The molecule has 1 aromatic rings. The first-order valence-corrected chi connectivity index (χ1v) is 8.07. The van der Waals surface area contributed by atoms with Crippen LogP contribution in [0.25, 0.3) is 0 Å². The van der Waals surface area contributed by atoms with Gasteiger partial charge in [0.05, 0.1) is 6.04 Å². The van der Waals surface area contributed by atoms with Crippen molar-refractivity contribution in [1.29, 1.82) is 0 Å². The zero-order valence-electron chi connectivity index (χ0n) is 11.0. The first-order chi connectivity index (χ1) is 8.36. The lowest BCUT2D eigenvalue weighted by Gasteiger charge is -2.12. The van der Waals surface area contributed by atoms with E-state index in [0.717, 1.165) is 19.1 Å². The van der Waals surface area contributed by atoms with E-state index in [4.69, 9.17) is 5.73 Å². The van der Waals surface area contributed by atoms with Gasteiger partial charge in [0.25, 0.3) is 0 Å². The molecule has 0 radical (unpaired) electrons. The molecule has 7 heteroatoms. The fraction of sp³-hybridized carbons (Fsp3) is 0.727. The summed E-state index contributed by atoms with van der Waals surface area (Å²) in [6.45, 7) is 4.53. The minimum absolute atomic E-state index is 0.122. The van der Waals surface area contributed by atoms with Gasteiger partial charge in [0, 0.05) is 12.8 Å². The molecule has 1 atom stereocenters. The van der Waals surface area contributed by atoms with Gasteiger partial charge in [-0.25, -0.2) is 13.1 Å². The van der Waals surface area contributed by atoms with Crippen LogP contribution in [0.3, 0.4) is 0 Å². The van der Waals surface area contributed by atoms with E-state index in [1.54, 1.807) is 4.68 Å². The summed E-state index contributed by atoms with van der Waals surface area (Å²) in [5.41, 5.74) is 5.97. The number of nitrogen functional groups attached to an aromatic ring is 1. The van der Waals surface area contributed by atoms with E-state index >= 15 is 0 Å². The summed E-state index contributed by atoms with van der Waals surface area (Å²) in [5, 5.41) is 7.30. The van der Waals surface area contributed by atoms with Crippen molar-refractivity contribution in [3.63, 3.8) is 0 Å². The van der Waals surface area contributed by atoms with Crippen LogP contribution in [0, 0.1) is 5.92 Å². The van der Waals surface area contributed by atoms with Crippen LogP contribution in [-0.4, -0.2) is 31.0 Å². The van der Waals surface area contributed by atoms with Gasteiger partial charge in [-0.05, 0) is 32.6 Å². The van der Waals surface area contributed by atoms with Crippen molar-refractivity contribution >= 4 is 21.5 Å². The van der Waals surface area contributed by atoms with Gasteiger partial charge in [-0.15, -0.1) is 0 Å². The minimum atomic E-state index is -3.38. The third-order valence-electron chi connectivity index (χ3n) is 3.31. The fourth-order valence-corrected chi connectivity index (χ4v) is 3.11. The van der Waals surface area contributed by atoms with Crippen LogP contribution in [0.5, 0.6) is 0 Å². The largest absolute Gasteiger partial charge is 0.383 e. The zero-order valence-corrected chi connectivity index (χ0v) is 11.8. The van der Waals surface area contributed by atoms with E-state index in [-0.39, 0.29) is 16.8 Å². The van der Waals surface area contributed by atoms with Crippen LogP contribution in [0.1, 0.15) is 32.7 Å². The molecule has 0 bridgehead atoms. The Morgan fingerprint density at radius 1 is 1.56 bits per heavy atom. The van der Waals surface area contributed by atoms with Crippen LogP contribution in [0.2, 0.25) is 0 Å². The van der Waals surface area contributed by atoms with Crippen LogP contribution >= 0.6 is 0 Å². The molecule has 0 saturated heterocycles. The summed E-state index contributed by atoms with van der Waals surface area (Å²) >= 11 is 0. The van der Waals surface area contributed by atoms with Crippen LogP contribution in [0.15, 0.2) is 4.90 Å². The summed E-state index contributed by atoms with van der Waals surface area (Å²) < 4.78 is 25.2. The van der Waals surface area contributed by atoms with Gasteiger partial charge in [0.1, 0.15) is 5.82 Å². The predicted octanol–water partition coefficient (Wildman–Crippen LogP) is 1.27. The Morgan fingerprint density at radius 2 is 2.17 bits per heavy atom. The smallest absolute Gasteiger partial charge is 0.182 e. The predicted molar refractivity (Wildman–Crippen MR) is 71.3 cm³/mol. The number of anilines is 2. The van der Waals surface area contributed by atoms with Crippen molar-refractivity contribution in [1.82, 2.24) is 9.78 Å². The van der Waals surface area contributed by atoms with Gasteiger partial charge in [-0.2, -0.15) is 5.10 Å². The lowest BCUT2D eigenvalue weighted by atomic mass is 10.2. The standard InChI is InChI=1S/C11H20N4O2S/c1-4-13-11-9(18(3,16)17)10(12)15(14-11)7(2)8-5-6-8/h7-8H,4-6,12H2,1-3H3,(H,13,14). The summed E-state index contributed by atoms with van der Waals surface area (Å²) in [7, 11) is -3.38. The molecule has 18 heavy (non-hydrogen) atoms. The molecule has 0 spiro atoms. The second-order valence-corrected chi connectivity index (χ2v) is 6.84. The molecule has 2 rings (SSSR count). The molecule has 1 aliphatic carbocycles. The minimum Gasteiger partial charge on any atom is -0.383 e. The molecule has 6 nitrogen and oxygen atoms in total. The molecule has 3 N–H and O–H groups in total. The number of rotatable bonds is 5. The molecule has 1 aromatic heterocycles. The van der Waals surface area contributed by atoms with Crippen LogP contribution in [0.4, 0.5) is 11.6 Å². The quantitative estimate of drug-likeness (QED) is 0.842. The molecule has 0 amide bonds. The third kappa shape index (κ3) is 2.31. The van der Waals surface area contributed by atoms with Crippen molar-refractivity contribution in [3.05, 3.63) is 0 Å². The molecular weight excluding hydrogens is 252 g/mol. The summed E-state index contributed by atoms with van der Waals surface area (Å²) in [4.78, 5) is 0.122. The summed E-state index contributed by atoms with van der Waals surface area (Å²) in [6.07, 6.45) is 3.48. The number of hydrogen-bond acceptors (Lipinski definition) is 5. The summed E-state index contributed by atoms with van der Waals surface area (Å²) in [5.74, 6) is 1.17. The monoisotopic (exact) mass is 272 g/mol. The number of nitrogens with zero attached hydrogens (tertiary/aromatic N) is 2. The van der Waals surface area contributed by atoms with Gasteiger partial charge in [0.15, 0.2) is 20.6 Å². The van der Waals surface area contributed by atoms with Crippen molar-refractivity contribution < 1.29 is 8.42 Å². The number of hydrogen-bond donors (Lipinski definition) is 2. The Labute approximate surface area is 107 Å². The number of nitrogens with two attached hydrogens (primary N) is 1. The second-order valence-electron chi connectivity index (χ2n) is 4.89. The van der Waals surface area contributed by atoms with Crippen LogP contribution < -0.4 is 11.1 Å². The highest BCUT2D eigenvalue weighted by atomic mass is 32.2. The van der Waals surface area contributed by atoms with Gasteiger partial charge < -0.3 is 11.1 Å². The van der Waals surface area contributed by atoms with Crippen molar-refractivity contribution in [2.45, 2.75) is 37.6 Å². The number of sulfone groups is 1. The molecule has 102 valence electrons. The summed E-state index contributed by atoms with van der Waals surface area (Å²) in [6, 6.07) is 0.151. The average Bonchev–Trinajstić information content (AvgIpc) is 3.02. The van der Waals surface area contributed by atoms with E-state index in [1.807, 2.05) is 13.8 Å². The Morgan fingerprint density at radius 3 is 2.61 bits per heavy atom. The van der Waals surface area contributed by atoms with E-state index in [9.17, 15) is 8.42 Å². The van der Waals surface area contributed by atoms with Gasteiger partial charge >= 0.3 is 0 Å². The normalized spacial score (nSPS) is 17.7. The van der Waals surface area contributed by atoms with Gasteiger partial charge in [-0.1, -0.05) is 0 Å². The maximum absolute atomic E-state index is 11.8. The molecule has 0 aliphatic heterocycles. The number of nitrogens with one attached hydrogen (secondary N) is 1. The zero-order chi connectivity index (χ0) is 13.5. The molecule has 1 heterocycles. The maximum Gasteiger partial charge on any atom is 0.182 e. The van der Waals surface area contributed by atoms with Gasteiger partial charge in [-0.3, -0.25) is 0 Å². The molecule has 1 unspecified atom stereocenters. The molecule has 0 aromatic carbocycles. The highest BCUT2D eigenvalue weighted by Gasteiger charge is 2.33.